The number of nitrogens with one attached hydrogen (secondary N) is 1. The second kappa shape index (κ2) is 8.68. The van der Waals surface area contributed by atoms with E-state index in [1.807, 2.05) is 0 Å². The quantitative estimate of drug-likeness (QED) is 0.755. The lowest BCUT2D eigenvalue weighted by molar-refractivity contribution is -0.146. The number of esters is 1. The Bertz CT molecular complexity index is 776. The van der Waals surface area contributed by atoms with Gasteiger partial charge < -0.3 is 15.2 Å². The first-order valence-electron chi connectivity index (χ1n) is 7.99. The van der Waals surface area contributed by atoms with Gasteiger partial charge in [0.25, 0.3) is 5.91 Å². The normalized spacial score (nSPS) is 13.5. The van der Waals surface area contributed by atoms with Crippen LogP contribution in [0.1, 0.15) is 22.8 Å². The second-order valence-electron chi connectivity index (χ2n) is 5.80. The Kier molecular flexibility index (Phi) is 6.57. The summed E-state index contributed by atoms with van der Waals surface area (Å²) < 4.78 is 42.4. The van der Waals surface area contributed by atoms with E-state index in [4.69, 9.17) is 0 Å². The Hall–Kier alpha value is -2.87. The number of carbonyl (C=O) groups is 2. The van der Waals surface area contributed by atoms with E-state index in [2.05, 4.69) is 10.1 Å². The Morgan fingerprint density at radius 1 is 1.07 bits per heavy atom. The van der Waals surface area contributed by atoms with Gasteiger partial charge in [0.05, 0.1) is 12.7 Å². The Morgan fingerprint density at radius 3 is 2.19 bits per heavy atom. The Labute approximate surface area is 153 Å². The van der Waals surface area contributed by atoms with Crippen LogP contribution in [0.5, 0.6) is 0 Å². The number of hydrogen-bond donors (Lipinski definition) is 2. The average molecular weight is 381 g/mol. The summed E-state index contributed by atoms with van der Waals surface area (Å²) in [6.45, 7) is 0. The molecule has 2 aromatic carbocycles. The molecule has 0 unspecified atom stereocenters. The van der Waals surface area contributed by atoms with Gasteiger partial charge in [0.15, 0.2) is 6.10 Å². The van der Waals surface area contributed by atoms with Gasteiger partial charge in [0.1, 0.15) is 6.04 Å². The molecule has 0 aliphatic carbocycles. The van der Waals surface area contributed by atoms with Gasteiger partial charge in [-0.25, -0.2) is 4.79 Å². The molecule has 5 nitrogen and oxygen atoms in total. The first-order valence-corrected chi connectivity index (χ1v) is 7.99. The number of alkyl halides is 3. The van der Waals surface area contributed by atoms with Crippen LogP contribution in [0.15, 0.2) is 54.6 Å². The van der Waals surface area contributed by atoms with Crippen molar-refractivity contribution in [2.24, 2.45) is 0 Å². The van der Waals surface area contributed by atoms with Crippen LogP contribution in [0.25, 0.3) is 0 Å². The molecule has 0 bridgehead atoms. The monoisotopic (exact) mass is 381 g/mol. The van der Waals surface area contributed by atoms with Crippen LogP contribution in [-0.4, -0.2) is 30.1 Å². The summed E-state index contributed by atoms with van der Waals surface area (Å²) in [4.78, 5) is 24.2. The van der Waals surface area contributed by atoms with Crippen molar-refractivity contribution >= 4 is 11.9 Å². The standard InChI is InChI=1S/C19H18F3NO4/c1-27-18(26)15(11-12-5-3-2-4-6-12)23-17(25)16(24)13-7-9-14(10-8-13)19(20,21)22/h2-10,15-16,24H,11H2,1H3,(H,23,25)/t15-,16+/m1/s1. The summed E-state index contributed by atoms with van der Waals surface area (Å²) in [6.07, 6.45) is -6.11. The fourth-order valence-corrected chi connectivity index (χ4v) is 2.44. The van der Waals surface area contributed by atoms with Crippen molar-refractivity contribution in [3.8, 4) is 0 Å². The molecule has 2 aromatic rings. The van der Waals surface area contributed by atoms with Crippen molar-refractivity contribution in [2.75, 3.05) is 7.11 Å². The summed E-state index contributed by atoms with van der Waals surface area (Å²) in [5.74, 6) is -1.62. The van der Waals surface area contributed by atoms with Crippen molar-refractivity contribution in [1.82, 2.24) is 5.32 Å². The highest BCUT2D eigenvalue weighted by molar-refractivity contribution is 5.87. The lowest BCUT2D eigenvalue weighted by Crippen LogP contribution is -2.45. The minimum atomic E-state index is -4.52. The first kappa shape index (κ1) is 20.4. The van der Waals surface area contributed by atoms with Gasteiger partial charge >= 0.3 is 12.1 Å². The summed E-state index contributed by atoms with van der Waals surface area (Å²) in [5, 5.41) is 12.5. The number of methoxy groups -OCH3 is 1. The van der Waals surface area contributed by atoms with Crippen LogP contribution in [0.2, 0.25) is 0 Å². The minimum Gasteiger partial charge on any atom is -0.467 e. The van der Waals surface area contributed by atoms with E-state index >= 15 is 0 Å². The summed E-state index contributed by atoms with van der Waals surface area (Å²) >= 11 is 0. The molecule has 0 saturated heterocycles. The number of rotatable bonds is 6. The average Bonchev–Trinajstić information content (AvgIpc) is 2.66. The number of carbonyl (C=O) groups excluding carboxylic acids is 2. The summed E-state index contributed by atoms with van der Waals surface area (Å²) in [5.41, 5.74) is -0.156. The molecular weight excluding hydrogens is 363 g/mol. The molecule has 0 spiro atoms. The van der Waals surface area contributed by atoms with Crippen LogP contribution in [0, 0.1) is 0 Å². The largest absolute Gasteiger partial charge is 0.467 e. The van der Waals surface area contributed by atoms with E-state index in [1.54, 1.807) is 30.3 Å². The van der Waals surface area contributed by atoms with Gasteiger partial charge in [-0.05, 0) is 23.3 Å². The molecule has 0 heterocycles. The zero-order valence-corrected chi connectivity index (χ0v) is 14.4. The smallest absolute Gasteiger partial charge is 0.416 e. The third kappa shape index (κ3) is 5.55. The lowest BCUT2D eigenvalue weighted by atomic mass is 10.0. The second-order valence-corrected chi connectivity index (χ2v) is 5.80. The zero-order valence-electron chi connectivity index (χ0n) is 14.4. The maximum atomic E-state index is 12.6. The number of benzene rings is 2. The molecule has 2 N–H and O–H groups in total. The van der Waals surface area contributed by atoms with Gasteiger partial charge in [-0.3, -0.25) is 4.79 Å². The third-order valence-corrected chi connectivity index (χ3v) is 3.89. The van der Waals surface area contributed by atoms with Crippen LogP contribution in [0.4, 0.5) is 13.2 Å². The lowest BCUT2D eigenvalue weighted by Gasteiger charge is -2.19. The van der Waals surface area contributed by atoms with Gasteiger partial charge in [-0.1, -0.05) is 42.5 Å². The molecule has 2 atom stereocenters. The number of aliphatic hydroxyl groups excluding tert-OH is 1. The van der Waals surface area contributed by atoms with Crippen LogP contribution < -0.4 is 5.32 Å². The van der Waals surface area contributed by atoms with Crippen molar-refractivity contribution in [1.29, 1.82) is 0 Å². The van der Waals surface area contributed by atoms with E-state index in [0.717, 1.165) is 29.8 Å². The minimum absolute atomic E-state index is 0.0242. The number of hydrogen-bond acceptors (Lipinski definition) is 4. The van der Waals surface area contributed by atoms with E-state index in [-0.39, 0.29) is 12.0 Å². The molecule has 1 amide bonds. The number of aliphatic hydroxyl groups is 1. The van der Waals surface area contributed by atoms with Gasteiger partial charge in [-0.2, -0.15) is 13.2 Å². The van der Waals surface area contributed by atoms with E-state index in [1.165, 1.54) is 7.11 Å². The topological polar surface area (TPSA) is 75.6 Å². The van der Waals surface area contributed by atoms with Crippen molar-refractivity contribution in [3.05, 3.63) is 71.3 Å². The molecule has 0 aliphatic heterocycles. The fourth-order valence-electron chi connectivity index (χ4n) is 2.44. The first-order chi connectivity index (χ1) is 12.7. The van der Waals surface area contributed by atoms with E-state index in [0.29, 0.717) is 0 Å². The Morgan fingerprint density at radius 2 is 1.67 bits per heavy atom. The van der Waals surface area contributed by atoms with Crippen molar-refractivity contribution in [3.63, 3.8) is 0 Å². The van der Waals surface area contributed by atoms with Crippen molar-refractivity contribution in [2.45, 2.75) is 24.7 Å². The molecule has 0 saturated carbocycles. The van der Waals surface area contributed by atoms with Gasteiger partial charge in [0.2, 0.25) is 0 Å². The highest BCUT2D eigenvalue weighted by atomic mass is 19.4. The molecule has 8 heteroatoms. The molecule has 0 fully saturated rings. The highest BCUT2D eigenvalue weighted by Gasteiger charge is 2.31. The molecule has 144 valence electrons. The predicted octanol–water partition coefficient (Wildman–Crippen LogP) is 2.64. The van der Waals surface area contributed by atoms with E-state index in [9.17, 15) is 27.9 Å². The van der Waals surface area contributed by atoms with E-state index < -0.39 is 35.8 Å². The zero-order chi connectivity index (χ0) is 20.0. The summed E-state index contributed by atoms with van der Waals surface area (Å²) in [7, 11) is 1.17. The maximum absolute atomic E-state index is 12.6. The molecule has 2 rings (SSSR count). The number of halogens is 3. The third-order valence-electron chi connectivity index (χ3n) is 3.89. The molecule has 27 heavy (non-hydrogen) atoms. The highest BCUT2D eigenvalue weighted by Crippen LogP contribution is 2.30. The molecule has 0 aliphatic rings. The molecular formula is C19H18F3NO4. The maximum Gasteiger partial charge on any atom is 0.416 e. The van der Waals surface area contributed by atoms with Crippen molar-refractivity contribution < 1.29 is 32.6 Å². The molecule has 0 radical (unpaired) electrons. The predicted molar refractivity (Wildman–Crippen MR) is 90.5 cm³/mol. The SMILES string of the molecule is COC(=O)[C@@H](Cc1ccccc1)NC(=O)[C@@H](O)c1ccc(C(F)(F)F)cc1. The van der Waals surface area contributed by atoms with Crippen LogP contribution >= 0.6 is 0 Å². The summed E-state index contributed by atoms with van der Waals surface area (Å²) in [6, 6.07) is 11.4. The van der Waals surface area contributed by atoms with Gasteiger partial charge in [-0.15, -0.1) is 0 Å². The van der Waals surface area contributed by atoms with Crippen LogP contribution in [0.3, 0.4) is 0 Å². The molecule has 0 aromatic heterocycles. The number of ether oxygens (including phenoxy) is 1. The Balaban J connectivity index is 2.10. The fraction of sp³-hybridized carbons (Fsp3) is 0.263. The van der Waals surface area contributed by atoms with Crippen LogP contribution in [-0.2, 0) is 26.9 Å². The number of amides is 1. The van der Waals surface area contributed by atoms with Gasteiger partial charge in [0, 0.05) is 6.42 Å².